The molecule has 0 saturated carbocycles. The van der Waals surface area contributed by atoms with Crippen molar-refractivity contribution in [3.8, 4) is 11.1 Å². The normalized spacial score (nSPS) is 13.2. The highest BCUT2D eigenvalue weighted by molar-refractivity contribution is 6.52. The number of hydrogen-bond donors (Lipinski definition) is 0. The fourth-order valence-electron chi connectivity index (χ4n) is 2.13. The van der Waals surface area contributed by atoms with Crippen LogP contribution in [0.1, 0.15) is 20.7 Å². The van der Waals surface area contributed by atoms with E-state index in [4.69, 9.17) is 0 Å². The molecule has 0 N–H and O–H groups in total. The Kier molecular flexibility index (Phi) is 1.95. The van der Waals surface area contributed by atoms with E-state index in [9.17, 15) is 14.0 Å². The molecule has 3 rings (SSSR count). The molecule has 0 unspecified atom stereocenters. The molecule has 0 aromatic heterocycles. The van der Waals surface area contributed by atoms with Gasteiger partial charge in [-0.15, -0.1) is 0 Å². The summed E-state index contributed by atoms with van der Waals surface area (Å²) < 4.78 is 13.8. The van der Waals surface area contributed by atoms with Crippen LogP contribution in [-0.2, 0) is 0 Å². The molecule has 0 bridgehead atoms. The molecule has 0 amide bonds. The molecule has 1 aliphatic carbocycles. The molecule has 17 heavy (non-hydrogen) atoms. The summed E-state index contributed by atoms with van der Waals surface area (Å²) in [6.45, 7) is 0. The topological polar surface area (TPSA) is 34.1 Å². The highest BCUT2D eigenvalue weighted by Crippen LogP contribution is 2.34. The van der Waals surface area contributed by atoms with Crippen molar-refractivity contribution in [1.82, 2.24) is 0 Å². The van der Waals surface area contributed by atoms with Gasteiger partial charge in [0.25, 0.3) is 0 Å². The number of rotatable bonds is 0. The van der Waals surface area contributed by atoms with Gasteiger partial charge in [0, 0.05) is 16.7 Å². The van der Waals surface area contributed by atoms with Gasteiger partial charge in [0.1, 0.15) is 5.82 Å². The molecular formula is C14H7FO2. The van der Waals surface area contributed by atoms with Crippen LogP contribution in [0.4, 0.5) is 4.39 Å². The van der Waals surface area contributed by atoms with Crippen LogP contribution in [0.25, 0.3) is 11.1 Å². The van der Waals surface area contributed by atoms with Crippen molar-refractivity contribution in [2.75, 3.05) is 0 Å². The lowest BCUT2D eigenvalue weighted by Gasteiger charge is -2.17. The SMILES string of the molecule is O=C1C(=O)c2cccc(F)c2-c2ccccc21. The van der Waals surface area contributed by atoms with Gasteiger partial charge in [0.15, 0.2) is 0 Å². The van der Waals surface area contributed by atoms with Crippen molar-refractivity contribution in [3.63, 3.8) is 0 Å². The molecule has 82 valence electrons. The number of ketones is 2. The molecule has 0 fully saturated rings. The lowest BCUT2D eigenvalue weighted by atomic mass is 9.84. The Bertz CT molecular complexity index is 659. The van der Waals surface area contributed by atoms with Crippen molar-refractivity contribution in [2.24, 2.45) is 0 Å². The average molecular weight is 226 g/mol. The smallest absolute Gasteiger partial charge is 0.234 e. The second kappa shape index (κ2) is 3.35. The highest BCUT2D eigenvalue weighted by atomic mass is 19.1. The van der Waals surface area contributed by atoms with Gasteiger partial charge in [-0.2, -0.15) is 0 Å². The zero-order valence-corrected chi connectivity index (χ0v) is 8.74. The lowest BCUT2D eigenvalue weighted by Crippen LogP contribution is -2.21. The van der Waals surface area contributed by atoms with Crippen LogP contribution in [0.15, 0.2) is 42.5 Å². The van der Waals surface area contributed by atoms with E-state index in [2.05, 4.69) is 0 Å². The summed E-state index contributed by atoms with van der Waals surface area (Å²) in [4.78, 5) is 23.6. The minimum atomic E-state index is -0.641. The van der Waals surface area contributed by atoms with Gasteiger partial charge in [-0.25, -0.2) is 4.39 Å². The molecule has 1 aliphatic rings. The van der Waals surface area contributed by atoms with Crippen LogP contribution in [0, 0.1) is 5.82 Å². The van der Waals surface area contributed by atoms with E-state index in [1.54, 1.807) is 24.3 Å². The summed E-state index contributed by atoms with van der Waals surface area (Å²) in [6.07, 6.45) is 0. The van der Waals surface area contributed by atoms with Crippen molar-refractivity contribution < 1.29 is 14.0 Å². The minimum absolute atomic E-state index is 0.147. The molecule has 3 heteroatoms. The first-order valence-electron chi connectivity index (χ1n) is 5.17. The third kappa shape index (κ3) is 1.25. The summed E-state index contributed by atoms with van der Waals surface area (Å²) in [5.41, 5.74) is 1.14. The molecule has 0 spiro atoms. The Balaban J connectivity index is 2.45. The fourth-order valence-corrected chi connectivity index (χ4v) is 2.13. The third-order valence-electron chi connectivity index (χ3n) is 2.91. The van der Waals surface area contributed by atoms with Crippen LogP contribution in [0.3, 0.4) is 0 Å². The molecule has 0 atom stereocenters. The predicted molar refractivity (Wildman–Crippen MR) is 60.5 cm³/mol. The lowest BCUT2D eigenvalue weighted by molar-refractivity contribution is 0.0815. The zero-order chi connectivity index (χ0) is 12.0. The number of carbonyl (C=O) groups excluding carboxylic acids is 2. The van der Waals surface area contributed by atoms with Crippen LogP contribution in [0.2, 0.25) is 0 Å². The van der Waals surface area contributed by atoms with E-state index in [0.717, 1.165) is 0 Å². The number of carbonyl (C=O) groups is 2. The Hall–Kier alpha value is -2.29. The van der Waals surface area contributed by atoms with Gasteiger partial charge in [-0.05, 0) is 11.6 Å². The summed E-state index contributed by atoms with van der Waals surface area (Å²) in [7, 11) is 0. The molecule has 0 saturated heterocycles. The maximum atomic E-state index is 13.8. The summed E-state index contributed by atoms with van der Waals surface area (Å²) >= 11 is 0. The van der Waals surface area contributed by atoms with E-state index in [-0.39, 0.29) is 16.7 Å². The number of hydrogen-bond acceptors (Lipinski definition) is 2. The Morgan fingerprint density at radius 1 is 0.706 bits per heavy atom. The Morgan fingerprint density at radius 2 is 1.29 bits per heavy atom. The van der Waals surface area contributed by atoms with Crippen LogP contribution in [-0.4, -0.2) is 11.6 Å². The first-order chi connectivity index (χ1) is 8.20. The van der Waals surface area contributed by atoms with E-state index in [0.29, 0.717) is 5.56 Å². The van der Waals surface area contributed by atoms with Crippen LogP contribution < -0.4 is 0 Å². The van der Waals surface area contributed by atoms with Gasteiger partial charge >= 0.3 is 0 Å². The van der Waals surface area contributed by atoms with Gasteiger partial charge in [0.05, 0.1) is 0 Å². The average Bonchev–Trinajstić information content (AvgIpc) is 2.36. The van der Waals surface area contributed by atoms with Gasteiger partial charge < -0.3 is 0 Å². The molecular weight excluding hydrogens is 219 g/mol. The monoisotopic (exact) mass is 226 g/mol. The van der Waals surface area contributed by atoms with Crippen LogP contribution >= 0.6 is 0 Å². The summed E-state index contributed by atoms with van der Waals surface area (Å²) in [5.74, 6) is -1.69. The fraction of sp³-hybridized carbons (Fsp3) is 0. The maximum absolute atomic E-state index is 13.8. The Labute approximate surface area is 96.7 Å². The molecule has 0 aliphatic heterocycles. The zero-order valence-electron chi connectivity index (χ0n) is 8.74. The van der Waals surface area contributed by atoms with Gasteiger partial charge in [0.2, 0.25) is 11.6 Å². The van der Waals surface area contributed by atoms with Crippen molar-refractivity contribution in [1.29, 1.82) is 0 Å². The maximum Gasteiger partial charge on any atom is 0.234 e. The second-order valence-electron chi connectivity index (χ2n) is 3.87. The molecule has 2 nitrogen and oxygen atoms in total. The predicted octanol–water partition coefficient (Wildman–Crippen LogP) is 2.87. The third-order valence-corrected chi connectivity index (χ3v) is 2.91. The number of halogens is 1. The van der Waals surface area contributed by atoms with Crippen molar-refractivity contribution in [3.05, 3.63) is 59.4 Å². The number of fused-ring (bicyclic) bond motifs is 3. The number of benzene rings is 2. The van der Waals surface area contributed by atoms with E-state index in [1.165, 1.54) is 18.2 Å². The quantitative estimate of drug-likeness (QED) is 0.647. The second-order valence-corrected chi connectivity index (χ2v) is 3.87. The van der Waals surface area contributed by atoms with Crippen LogP contribution in [0.5, 0.6) is 0 Å². The summed E-state index contributed by atoms with van der Waals surface area (Å²) in [5, 5.41) is 0. The molecule has 0 heterocycles. The first-order valence-corrected chi connectivity index (χ1v) is 5.17. The molecule has 0 radical (unpaired) electrons. The van der Waals surface area contributed by atoms with Crippen molar-refractivity contribution in [2.45, 2.75) is 0 Å². The minimum Gasteiger partial charge on any atom is -0.285 e. The van der Waals surface area contributed by atoms with Crippen molar-refractivity contribution >= 4 is 11.6 Å². The van der Waals surface area contributed by atoms with E-state index in [1.807, 2.05) is 0 Å². The number of Topliss-reactive ketones (excluding diaryl/α,β-unsaturated/α-hetero) is 2. The first kappa shape index (κ1) is 9.90. The summed E-state index contributed by atoms with van der Waals surface area (Å²) in [6, 6.07) is 10.8. The van der Waals surface area contributed by atoms with Gasteiger partial charge in [-0.1, -0.05) is 36.4 Å². The van der Waals surface area contributed by atoms with E-state index < -0.39 is 17.4 Å². The van der Waals surface area contributed by atoms with E-state index >= 15 is 0 Å². The van der Waals surface area contributed by atoms with Gasteiger partial charge in [-0.3, -0.25) is 9.59 Å². The highest BCUT2D eigenvalue weighted by Gasteiger charge is 2.31. The molecule has 2 aromatic carbocycles. The Morgan fingerprint density at radius 3 is 2.06 bits per heavy atom. The molecule has 2 aromatic rings. The largest absolute Gasteiger partial charge is 0.285 e. The standard InChI is InChI=1S/C14H7FO2/c15-11-7-3-6-10-12(11)8-4-1-2-5-9(8)13(16)14(10)17/h1-7H.